The molecule has 1 fully saturated rings. The molecule has 1 aliphatic rings. The van der Waals surface area contributed by atoms with E-state index in [1.165, 1.54) is 12.8 Å². The Labute approximate surface area is 163 Å². The highest BCUT2D eigenvalue weighted by Crippen LogP contribution is 2.15. The third-order valence-corrected chi connectivity index (χ3v) is 5.05. The highest BCUT2D eigenvalue weighted by molar-refractivity contribution is 5.86. The van der Waals surface area contributed by atoms with E-state index in [1.54, 1.807) is 19.0 Å². The van der Waals surface area contributed by atoms with Crippen LogP contribution in [0.1, 0.15) is 37.9 Å². The number of guanidine groups is 1. The van der Waals surface area contributed by atoms with Gasteiger partial charge in [-0.3, -0.25) is 14.4 Å². The molecule has 0 saturated carbocycles. The van der Waals surface area contributed by atoms with Gasteiger partial charge in [0.15, 0.2) is 5.96 Å². The molecule has 1 aromatic heterocycles. The number of likely N-dealkylation sites (tertiary alicyclic amines) is 1. The Morgan fingerprint density at radius 1 is 1.37 bits per heavy atom. The molecule has 27 heavy (non-hydrogen) atoms. The number of aryl methyl sites for hydroxylation is 2. The van der Waals surface area contributed by atoms with Crippen molar-refractivity contribution >= 4 is 11.9 Å². The molecule has 0 bridgehead atoms. The Morgan fingerprint density at radius 2 is 2.15 bits per heavy atom. The van der Waals surface area contributed by atoms with Gasteiger partial charge in [-0.15, -0.1) is 0 Å². The molecule has 1 unspecified atom stereocenters. The highest BCUT2D eigenvalue weighted by Gasteiger charge is 2.23. The van der Waals surface area contributed by atoms with Gasteiger partial charge in [-0.05, 0) is 32.4 Å². The predicted molar refractivity (Wildman–Crippen MR) is 109 cm³/mol. The Hall–Kier alpha value is -2.09. The summed E-state index contributed by atoms with van der Waals surface area (Å²) < 4.78 is 1.83. The minimum Gasteiger partial charge on any atom is -0.355 e. The van der Waals surface area contributed by atoms with E-state index in [9.17, 15) is 4.79 Å². The molecule has 1 saturated heterocycles. The van der Waals surface area contributed by atoms with Crippen LogP contribution in [0.15, 0.2) is 11.2 Å². The van der Waals surface area contributed by atoms with Crippen LogP contribution in [-0.2, 0) is 24.8 Å². The molecule has 0 spiro atoms. The maximum atomic E-state index is 11.9. The lowest BCUT2D eigenvalue weighted by atomic mass is 10.2. The van der Waals surface area contributed by atoms with E-state index < -0.39 is 0 Å². The van der Waals surface area contributed by atoms with Crippen molar-refractivity contribution in [1.82, 2.24) is 30.2 Å². The lowest BCUT2D eigenvalue weighted by Crippen LogP contribution is -2.47. The van der Waals surface area contributed by atoms with E-state index in [-0.39, 0.29) is 12.5 Å². The summed E-state index contributed by atoms with van der Waals surface area (Å²) in [7, 11) is 5.45. The fourth-order valence-electron chi connectivity index (χ4n) is 3.43. The molecule has 0 aliphatic carbocycles. The summed E-state index contributed by atoms with van der Waals surface area (Å²) in [5.41, 5.74) is 2.19. The number of nitrogens with zero attached hydrogens (tertiary/aromatic N) is 5. The van der Waals surface area contributed by atoms with Crippen LogP contribution in [0.3, 0.4) is 0 Å². The molecule has 1 atom stereocenters. The van der Waals surface area contributed by atoms with Gasteiger partial charge in [-0.2, -0.15) is 5.10 Å². The number of aliphatic imine (C=N–C) groups is 1. The maximum absolute atomic E-state index is 11.9. The second-order valence-electron chi connectivity index (χ2n) is 7.24. The molecule has 1 amide bonds. The fraction of sp³-hybridized carbons (Fsp3) is 0.737. The average molecular weight is 378 g/mol. The molecule has 0 aromatic carbocycles. The van der Waals surface area contributed by atoms with Crippen molar-refractivity contribution in [2.75, 3.05) is 40.3 Å². The summed E-state index contributed by atoms with van der Waals surface area (Å²) in [5, 5.41) is 11.1. The van der Waals surface area contributed by atoms with Crippen LogP contribution >= 0.6 is 0 Å². The quantitative estimate of drug-likeness (QED) is 0.512. The number of aromatic nitrogens is 2. The van der Waals surface area contributed by atoms with E-state index in [2.05, 4.69) is 34.5 Å². The van der Waals surface area contributed by atoms with Crippen molar-refractivity contribution in [3.63, 3.8) is 0 Å². The smallest absolute Gasteiger partial charge is 0.241 e. The zero-order valence-electron chi connectivity index (χ0n) is 17.5. The average Bonchev–Trinajstić information content (AvgIpc) is 3.25. The van der Waals surface area contributed by atoms with Gasteiger partial charge >= 0.3 is 0 Å². The SMILES string of the molecule is CCc1nn(C)cc1CN=C(NCC(=O)N(C)C)NCC1CCCN1CC. The number of amides is 1. The summed E-state index contributed by atoms with van der Waals surface area (Å²) in [6.45, 7) is 8.15. The van der Waals surface area contributed by atoms with Crippen molar-refractivity contribution < 1.29 is 4.79 Å². The van der Waals surface area contributed by atoms with Crippen LogP contribution in [0.25, 0.3) is 0 Å². The van der Waals surface area contributed by atoms with Crippen LogP contribution in [0.2, 0.25) is 0 Å². The van der Waals surface area contributed by atoms with Crippen LogP contribution in [-0.4, -0.2) is 77.8 Å². The topological polar surface area (TPSA) is 77.8 Å². The second-order valence-corrected chi connectivity index (χ2v) is 7.24. The number of hydrogen-bond donors (Lipinski definition) is 2. The highest BCUT2D eigenvalue weighted by atomic mass is 16.2. The van der Waals surface area contributed by atoms with Crippen LogP contribution in [0.4, 0.5) is 0 Å². The Kier molecular flexibility index (Phi) is 8.09. The second kappa shape index (κ2) is 10.3. The van der Waals surface area contributed by atoms with Crippen molar-refractivity contribution in [3.05, 3.63) is 17.5 Å². The monoisotopic (exact) mass is 377 g/mol. The first-order chi connectivity index (χ1) is 12.9. The first kappa shape index (κ1) is 21.2. The van der Waals surface area contributed by atoms with Gasteiger partial charge in [0, 0.05) is 45.5 Å². The van der Waals surface area contributed by atoms with Crippen molar-refractivity contribution in [2.45, 2.75) is 45.7 Å². The van der Waals surface area contributed by atoms with Crippen molar-refractivity contribution in [2.24, 2.45) is 12.0 Å². The van der Waals surface area contributed by atoms with Gasteiger partial charge in [0.2, 0.25) is 5.91 Å². The largest absolute Gasteiger partial charge is 0.355 e. The lowest BCUT2D eigenvalue weighted by molar-refractivity contribution is -0.127. The van der Waals surface area contributed by atoms with Gasteiger partial charge < -0.3 is 15.5 Å². The summed E-state index contributed by atoms with van der Waals surface area (Å²) in [4.78, 5) is 20.7. The van der Waals surface area contributed by atoms with E-state index in [4.69, 9.17) is 4.99 Å². The van der Waals surface area contributed by atoms with Gasteiger partial charge in [0.05, 0.1) is 18.8 Å². The number of carbonyl (C=O) groups is 1. The predicted octanol–water partition coefficient (Wildman–Crippen LogP) is 0.590. The van der Waals surface area contributed by atoms with Gasteiger partial charge in [0.1, 0.15) is 0 Å². The molecule has 1 aromatic rings. The van der Waals surface area contributed by atoms with E-state index >= 15 is 0 Å². The van der Waals surface area contributed by atoms with Gasteiger partial charge in [-0.1, -0.05) is 13.8 Å². The lowest BCUT2D eigenvalue weighted by Gasteiger charge is -2.24. The van der Waals surface area contributed by atoms with Crippen molar-refractivity contribution in [3.8, 4) is 0 Å². The maximum Gasteiger partial charge on any atom is 0.241 e. The van der Waals surface area contributed by atoms with E-state index in [1.807, 2.05) is 17.9 Å². The Bertz CT molecular complexity index is 638. The van der Waals surface area contributed by atoms with Crippen molar-refractivity contribution in [1.29, 1.82) is 0 Å². The number of rotatable bonds is 8. The third kappa shape index (κ3) is 6.23. The third-order valence-electron chi connectivity index (χ3n) is 5.05. The first-order valence-electron chi connectivity index (χ1n) is 9.92. The molecular formula is C19H35N7O. The van der Waals surface area contributed by atoms with E-state index in [0.29, 0.717) is 18.5 Å². The molecule has 8 heteroatoms. The standard InChI is InChI=1S/C19H35N7O/c1-6-17-15(14-25(5)23-17)11-20-19(22-13-18(27)24(3)4)21-12-16-9-8-10-26(16)7-2/h14,16H,6-13H2,1-5H3,(H2,20,21,22). The normalized spacial score (nSPS) is 18.0. The Balaban J connectivity index is 2.02. The van der Waals surface area contributed by atoms with Crippen LogP contribution in [0.5, 0.6) is 0 Å². The molecule has 2 heterocycles. The fourth-order valence-corrected chi connectivity index (χ4v) is 3.43. The van der Waals surface area contributed by atoms with Crippen LogP contribution in [0, 0.1) is 0 Å². The van der Waals surface area contributed by atoms with E-state index in [0.717, 1.165) is 37.3 Å². The molecule has 152 valence electrons. The molecular weight excluding hydrogens is 342 g/mol. The zero-order valence-corrected chi connectivity index (χ0v) is 17.5. The summed E-state index contributed by atoms with van der Waals surface area (Å²) in [5.74, 6) is 0.704. The molecule has 8 nitrogen and oxygen atoms in total. The minimum atomic E-state index is 0.0242. The first-order valence-corrected chi connectivity index (χ1v) is 9.92. The number of likely N-dealkylation sites (N-methyl/N-ethyl adjacent to an activating group) is 2. The number of hydrogen-bond acceptors (Lipinski definition) is 4. The molecule has 2 rings (SSSR count). The zero-order chi connectivity index (χ0) is 19.8. The van der Waals surface area contributed by atoms with Crippen LogP contribution < -0.4 is 10.6 Å². The van der Waals surface area contributed by atoms with Gasteiger partial charge in [-0.25, -0.2) is 4.99 Å². The summed E-state index contributed by atoms with van der Waals surface area (Å²) in [6, 6.07) is 0.524. The summed E-state index contributed by atoms with van der Waals surface area (Å²) >= 11 is 0. The number of carbonyl (C=O) groups excluding carboxylic acids is 1. The minimum absolute atomic E-state index is 0.0242. The molecule has 1 aliphatic heterocycles. The Morgan fingerprint density at radius 3 is 2.81 bits per heavy atom. The number of nitrogens with one attached hydrogen (secondary N) is 2. The molecule has 2 N–H and O–H groups in total. The van der Waals surface area contributed by atoms with Gasteiger partial charge in [0.25, 0.3) is 0 Å². The summed E-state index contributed by atoms with van der Waals surface area (Å²) in [6.07, 6.45) is 5.34. The molecule has 0 radical (unpaired) electrons.